The van der Waals surface area contributed by atoms with Crippen molar-refractivity contribution in [2.45, 2.75) is 6.92 Å². The topological polar surface area (TPSA) is 22.1 Å². The summed E-state index contributed by atoms with van der Waals surface area (Å²) >= 11 is 3.12. The Bertz CT molecular complexity index is 254. The molecule has 2 nitrogen and oxygen atoms in total. The van der Waals surface area contributed by atoms with E-state index < -0.39 is 0 Å². The van der Waals surface area contributed by atoms with E-state index in [1.54, 1.807) is 0 Å². The minimum Gasteiger partial charge on any atom is -0.477 e. The average Bonchev–Trinajstić information content (AvgIpc) is 1.95. The molecule has 0 saturated carbocycles. The van der Waals surface area contributed by atoms with Gasteiger partial charge in [-0.25, -0.2) is 9.37 Å². The summed E-state index contributed by atoms with van der Waals surface area (Å²) in [6.45, 7) is 2.37. The molecule has 0 aliphatic rings. The highest BCUT2D eigenvalue weighted by Crippen LogP contribution is 2.21. The zero-order chi connectivity index (χ0) is 8.27. The Hall–Kier alpha value is -0.640. The Morgan fingerprint density at radius 3 is 3.00 bits per heavy atom. The molecule has 1 heterocycles. The smallest absolute Gasteiger partial charge is 0.228 e. The van der Waals surface area contributed by atoms with Crippen LogP contribution in [0, 0.1) is 5.82 Å². The Balaban J connectivity index is 2.90. The second-order valence-corrected chi connectivity index (χ2v) is 2.73. The van der Waals surface area contributed by atoms with Crippen LogP contribution in [0.3, 0.4) is 0 Å². The molecular weight excluding hydrogens is 213 g/mol. The van der Waals surface area contributed by atoms with Crippen LogP contribution in [0.1, 0.15) is 6.92 Å². The summed E-state index contributed by atoms with van der Waals surface area (Å²) in [5, 5.41) is 0. The molecule has 0 unspecified atom stereocenters. The first-order valence-corrected chi connectivity index (χ1v) is 3.97. The molecule has 1 aromatic rings. The number of halogens is 2. The second-order valence-electron chi connectivity index (χ2n) is 1.87. The molecule has 0 atom stereocenters. The molecule has 0 amide bonds. The van der Waals surface area contributed by atoms with E-state index in [0.717, 1.165) is 6.20 Å². The summed E-state index contributed by atoms with van der Waals surface area (Å²) < 4.78 is 18.0. The number of rotatable bonds is 2. The standard InChI is InChI=1S/C7H7BrFNO/c1-2-11-7-6(8)3-5(9)4-10-7/h3-4H,2H2,1H3. The maximum atomic E-state index is 12.4. The van der Waals surface area contributed by atoms with Crippen LogP contribution in [-0.4, -0.2) is 11.6 Å². The van der Waals surface area contributed by atoms with Crippen LogP contribution in [0.5, 0.6) is 5.88 Å². The van der Waals surface area contributed by atoms with Gasteiger partial charge in [-0.2, -0.15) is 0 Å². The molecule has 0 bridgehead atoms. The fraction of sp³-hybridized carbons (Fsp3) is 0.286. The van der Waals surface area contributed by atoms with Crippen LogP contribution in [0.4, 0.5) is 4.39 Å². The zero-order valence-electron chi connectivity index (χ0n) is 5.97. The van der Waals surface area contributed by atoms with Gasteiger partial charge in [-0.15, -0.1) is 0 Å². The van der Waals surface area contributed by atoms with Crippen molar-refractivity contribution >= 4 is 15.9 Å². The van der Waals surface area contributed by atoms with Gasteiger partial charge in [0.05, 0.1) is 17.3 Å². The number of hydrogen-bond acceptors (Lipinski definition) is 2. The first kappa shape index (κ1) is 8.46. The van der Waals surface area contributed by atoms with Crippen LogP contribution < -0.4 is 4.74 Å². The average molecular weight is 220 g/mol. The van der Waals surface area contributed by atoms with Gasteiger partial charge in [-0.1, -0.05) is 0 Å². The largest absolute Gasteiger partial charge is 0.477 e. The monoisotopic (exact) mass is 219 g/mol. The van der Waals surface area contributed by atoms with Crippen LogP contribution in [-0.2, 0) is 0 Å². The maximum absolute atomic E-state index is 12.4. The van der Waals surface area contributed by atoms with Crippen LogP contribution >= 0.6 is 15.9 Å². The van der Waals surface area contributed by atoms with Gasteiger partial charge in [0.25, 0.3) is 0 Å². The van der Waals surface area contributed by atoms with E-state index in [4.69, 9.17) is 4.74 Å². The van der Waals surface area contributed by atoms with Gasteiger partial charge >= 0.3 is 0 Å². The Morgan fingerprint density at radius 2 is 2.45 bits per heavy atom. The van der Waals surface area contributed by atoms with E-state index in [1.165, 1.54) is 6.07 Å². The number of hydrogen-bond donors (Lipinski definition) is 0. The summed E-state index contributed by atoms with van der Waals surface area (Å²) in [5.41, 5.74) is 0. The third kappa shape index (κ3) is 2.15. The van der Waals surface area contributed by atoms with Gasteiger partial charge in [0.2, 0.25) is 5.88 Å². The lowest BCUT2D eigenvalue weighted by atomic mass is 10.5. The quantitative estimate of drug-likeness (QED) is 0.763. The third-order valence-electron chi connectivity index (χ3n) is 1.06. The van der Waals surface area contributed by atoms with Gasteiger partial charge in [0.1, 0.15) is 5.82 Å². The SMILES string of the molecule is CCOc1ncc(F)cc1Br. The molecule has 0 radical (unpaired) electrons. The molecule has 11 heavy (non-hydrogen) atoms. The zero-order valence-corrected chi connectivity index (χ0v) is 7.56. The predicted molar refractivity (Wildman–Crippen MR) is 43.1 cm³/mol. The van der Waals surface area contributed by atoms with Crippen LogP contribution in [0.15, 0.2) is 16.7 Å². The molecule has 0 aliphatic heterocycles. The van der Waals surface area contributed by atoms with Gasteiger partial charge in [-0.05, 0) is 28.9 Å². The Kier molecular flexibility index (Phi) is 2.82. The van der Waals surface area contributed by atoms with E-state index in [2.05, 4.69) is 20.9 Å². The lowest BCUT2D eigenvalue weighted by Crippen LogP contribution is -1.95. The number of nitrogens with zero attached hydrogens (tertiary/aromatic N) is 1. The van der Waals surface area contributed by atoms with Crippen molar-refractivity contribution in [3.05, 3.63) is 22.6 Å². The van der Waals surface area contributed by atoms with Gasteiger partial charge < -0.3 is 4.74 Å². The lowest BCUT2D eigenvalue weighted by Gasteiger charge is -2.02. The molecule has 0 N–H and O–H groups in total. The van der Waals surface area contributed by atoms with Crippen molar-refractivity contribution in [1.29, 1.82) is 0 Å². The summed E-state index contributed by atoms with van der Waals surface area (Å²) in [5.74, 6) is 0.0502. The maximum Gasteiger partial charge on any atom is 0.228 e. The van der Waals surface area contributed by atoms with E-state index in [-0.39, 0.29) is 5.82 Å². The molecule has 0 spiro atoms. The van der Waals surface area contributed by atoms with E-state index in [9.17, 15) is 4.39 Å². The van der Waals surface area contributed by atoms with Crippen molar-refractivity contribution in [1.82, 2.24) is 4.98 Å². The summed E-state index contributed by atoms with van der Waals surface area (Å²) in [7, 11) is 0. The predicted octanol–water partition coefficient (Wildman–Crippen LogP) is 2.38. The minimum absolute atomic E-state index is 0.375. The van der Waals surface area contributed by atoms with Crippen molar-refractivity contribution in [2.24, 2.45) is 0 Å². The summed E-state index contributed by atoms with van der Waals surface area (Å²) in [6.07, 6.45) is 1.12. The fourth-order valence-electron chi connectivity index (χ4n) is 0.645. The van der Waals surface area contributed by atoms with Crippen LogP contribution in [0.25, 0.3) is 0 Å². The van der Waals surface area contributed by atoms with Crippen molar-refractivity contribution in [3.63, 3.8) is 0 Å². The van der Waals surface area contributed by atoms with Crippen molar-refractivity contribution < 1.29 is 9.13 Å². The van der Waals surface area contributed by atoms with Gasteiger partial charge in [-0.3, -0.25) is 0 Å². The highest BCUT2D eigenvalue weighted by molar-refractivity contribution is 9.10. The highest BCUT2D eigenvalue weighted by atomic mass is 79.9. The van der Waals surface area contributed by atoms with E-state index in [1.807, 2.05) is 6.92 Å². The number of pyridine rings is 1. The molecule has 1 aromatic heterocycles. The molecule has 1 rings (SSSR count). The molecule has 0 aromatic carbocycles. The van der Waals surface area contributed by atoms with E-state index in [0.29, 0.717) is 17.0 Å². The van der Waals surface area contributed by atoms with Crippen molar-refractivity contribution in [2.75, 3.05) is 6.61 Å². The molecule has 0 aliphatic carbocycles. The van der Waals surface area contributed by atoms with Crippen LogP contribution in [0.2, 0.25) is 0 Å². The van der Waals surface area contributed by atoms with Gasteiger partial charge in [0.15, 0.2) is 0 Å². The third-order valence-corrected chi connectivity index (χ3v) is 1.62. The first-order chi connectivity index (χ1) is 5.24. The summed E-state index contributed by atoms with van der Waals surface area (Å²) in [6, 6.07) is 1.32. The molecule has 0 saturated heterocycles. The van der Waals surface area contributed by atoms with E-state index >= 15 is 0 Å². The van der Waals surface area contributed by atoms with Crippen molar-refractivity contribution in [3.8, 4) is 5.88 Å². The second kappa shape index (κ2) is 3.67. The lowest BCUT2D eigenvalue weighted by molar-refractivity contribution is 0.323. The first-order valence-electron chi connectivity index (χ1n) is 3.18. The summed E-state index contributed by atoms with van der Waals surface area (Å²) in [4.78, 5) is 3.72. The number of ether oxygens (including phenoxy) is 1. The number of aromatic nitrogens is 1. The molecular formula is C7H7BrFNO. The molecule has 0 fully saturated rings. The Labute approximate surface area is 72.5 Å². The normalized spacial score (nSPS) is 9.73. The minimum atomic E-state index is -0.375. The Morgan fingerprint density at radius 1 is 1.73 bits per heavy atom. The highest BCUT2D eigenvalue weighted by Gasteiger charge is 2.02. The van der Waals surface area contributed by atoms with Gasteiger partial charge in [0, 0.05) is 0 Å². The molecule has 4 heteroatoms. The molecule has 60 valence electrons. The fourth-order valence-corrected chi connectivity index (χ4v) is 1.08.